The summed E-state index contributed by atoms with van der Waals surface area (Å²) in [5, 5.41) is 5.82. The molecule has 4 aromatic rings. The molecule has 0 aliphatic carbocycles. The lowest BCUT2D eigenvalue weighted by Crippen LogP contribution is -2.45. The summed E-state index contributed by atoms with van der Waals surface area (Å²) >= 11 is 7.81. The standard InChI is InChI=1S/C28H32ClN5O3S2/c1-18-5-7-23(8-6-18)39(36,37)32-13-11-22(12-14-32)27(35)33(15-16-34-20(3)17-19(2)31-34)28-30-26-21(4)24(29)9-10-25(26)38-28/h5-10,17,22H,11-16H2,1-4H3. The number of carbonyl (C=O) groups is 1. The van der Waals surface area contributed by atoms with Gasteiger partial charge in [0.05, 0.1) is 27.4 Å². The van der Waals surface area contributed by atoms with Crippen molar-refractivity contribution in [2.24, 2.45) is 5.92 Å². The highest BCUT2D eigenvalue weighted by Crippen LogP contribution is 2.35. The molecule has 2 aromatic carbocycles. The van der Waals surface area contributed by atoms with Gasteiger partial charge in [-0.15, -0.1) is 0 Å². The molecule has 11 heteroatoms. The molecule has 0 N–H and O–H groups in total. The topological polar surface area (TPSA) is 88.4 Å². The molecule has 1 aliphatic heterocycles. The lowest BCUT2D eigenvalue weighted by atomic mass is 9.96. The molecule has 0 unspecified atom stereocenters. The van der Waals surface area contributed by atoms with Crippen LogP contribution in [-0.2, 0) is 21.4 Å². The van der Waals surface area contributed by atoms with Crippen LogP contribution in [0.4, 0.5) is 5.13 Å². The molecule has 0 saturated carbocycles. The number of thiazole rings is 1. The highest BCUT2D eigenvalue weighted by molar-refractivity contribution is 7.89. The first-order valence-electron chi connectivity index (χ1n) is 13.0. The molecular weight excluding hydrogens is 554 g/mol. The predicted molar refractivity (Wildman–Crippen MR) is 156 cm³/mol. The number of benzene rings is 2. The number of carbonyl (C=O) groups excluding carboxylic acids is 1. The number of halogens is 1. The van der Waals surface area contributed by atoms with Crippen LogP contribution in [0.15, 0.2) is 47.4 Å². The number of hydrogen-bond acceptors (Lipinski definition) is 6. The van der Waals surface area contributed by atoms with Crippen molar-refractivity contribution < 1.29 is 13.2 Å². The Morgan fingerprint density at radius 1 is 1.08 bits per heavy atom. The number of amides is 1. The van der Waals surface area contributed by atoms with Crippen LogP contribution in [0.3, 0.4) is 0 Å². The molecule has 0 spiro atoms. The molecule has 3 heterocycles. The summed E-state index contributed by atoms with van der Waals surface area (Å²) in [6, 6.07) is 12.7. The molecule has 0 bridgehead atoms. The van der Waals surface area contributed by atoms with Crippen LogP contribution in [-0.4, -0.2) is 53.0 Å². The van der Waals surface area contributed by atoms with Crippen LogP contribution >= 0.6 is 22.9 Å². The summed E-state index contributed by atoms with van der Waals surface area (Å²) in [7, 11) is -3.60. The van der Waals surface area contributed by atoms with Crippen molar-refractivity contribution in [2.75, 3.05) is 24.5 Å². The number of piperidine rings is 1. The number of sulfonamides is 1. The third-order valence-electron chi connectivity index (χ3n) is 7.33. The Morgan fingerprint density at radius 3 is 2.41 bits per heavy atom. The van der Waals surface area contributed by atoms with Crippen LogP contribution in [0.2, 0.25) is 5.02 Å². The van der Waals surface area contributed by atoms with Crippen molar-refractivity contribution in [3.05, 3.63) is 70.0 Å². The molecule has 2 aromatic heterocycles. The maximum absolute atomic E-state index is 14.0. The zero-order valence-electron chi connectivity index (χ0n) is 22.5. The average molecular weight is 586 g/mol. The summed E-state index contributed by atoms with van der Waals surface area (Å²) < 4.78 is 30.7. The highest BCUT2D eigenvalue weighted by atomic mass is 35.5. The van der Waals surface area contributed by atoms with Gasteiger partial charge in [-0.25, -0.2) is 13.4 Å². The molecule has 8 nitrogen and oxygen atoms in total. The zero-order valence-corrected chi connectivity index (χ0v) is 24.9. The Kier molecular flexibility index (Phi) is 7.83. The monoisotopic (exact) mass is 585 g/mol. The molecule has 206 valence electrons. The van der Waals surface area contributed by atoms with Gasteiger partial charge in [0.15, 0.2) is 5.13 Å². The Bertz CT molecular complexity index is 1620. The van der Waals surface area contributed by atoms with Crippen LogP contribution < -0.4 is 4.90 Å². The first kappa shape index (κ1) is 27.8. The second-order valence-electron chi connectivity index (χ2n) is 10.1. The first-order chi connectivity index (χ1) is 18.5. The second-order valence-corrected chi connectivity index (χ2v) is 13.5. The minimum Gasteiger partial charge on any atom is -0.286 e. The molecule has 0 radical (unpaired) electrons. The van der Waals surface area contributed by atoms with Gasteiger partial charge in [0, 0.05) is 36.3 Å². The van der Waals surface area contributed by atoms with Gasteiger partial charge in [0.2, 0.25) is 15.9 Å². The van der Waals surface area contributed by atoms with E-state index in [1.807, 2.05) is 50.6 Å². The van der Waals surface area contributed by atoms with E-state index in [9.17, 15) is 13.2 Å². The third-order valence-corrected chi connectivity index (χ3v) is 10.7. The average Bonchev–Trinajstić information content (AvgIpc) is 3.49. The van der Waals surface area contributed by atoms with E-state index in [1.165, 1.54) is 15.6 Å². The van der Waals surface area contributed by atoms with E-state index >= 15 is 0 Å². The molecule has 1 fully saturated rings. The van der Waals surface area contributed by atoms with Crippen molar-refractivity contribution >= 4 is 54.2 Å². The van der Waals surface area contributed by atoms with Gasteiger partial charge in [0.1, 0.15) is 0 Å². The van der Waals surface area contributed by atoms with Gasteiger partial charge in [-0.2, -0.15) is 9.40 Å². The van der Waals surface area contributed by atoms with Gasteiger partial charge in [-0.3, -0.25) is 14.4 Å². The normalized spacial score (nSPS) is 15.2. The van der Waals surface area contributed by atoms with E-state index in [-0.39, 0.29) is 16.7 Å². The van der Waals surface area contributed by atoms with E-state index in [0.29, 0.717) is 49.2 Å². The van der Waals surface area contributed by atoms with Gasteiger partial charge < -0.3 is 0 Å². The number of hydrogen-bond donors (Lipinski definition) is 0. The van der Waals surface area contributed by atoms with Gasteiger partial charge in [-0.05, 0) is 76.4 Å². The summed E-state index contributed by atoms with van der Waals surface area (Å²) in [6.07, 6.45) is 0.909. The molecule has 1 aliphatic rings. The minimum atomic E-state index is -3.60. The predicted octanol–water partition coefficient (Wildman–Crippen LogP) is 5.51. The SMILES string of the molecule is Cc1ccc(S(=O)(=O)N2CCC(C(=O)N(CCn3nc(C)cc3C)c3nc4c(C)c(Cl)ccc4s3)CC2)cc1. The molecule has 5 rings (SSSR count). The summed E-state index contributed by atoms with van der Waals surface area (Å²) in [5.74, 6) is -0.335. The zero-order chi connectivity index (χ0) is 27.9. The van der Waals surface area contributed by atoms with E-state index in [1.54, 1.807) is 29.2 Å². The Hall–Kier alpha value is -2.79. The van der Waals surface area contributed by atoms with E-state index < -0.39 is 10.0 Å². The summed E-state index contributed by atoms with van der Waals surface area (Å²) in [6.45, 7) is 9.34. The van der Waals surface area contributed by atoms with Crippen LogP contribution in [0.25, 0.3) is 10.2 Å². The number of nitrogens with zero attached hydrogens (tertiary/aromatic N) is 5. The maximum Gasteiger partial charge on any atom is 0.243 e. The molecule has 0 atom stereocenters. The number of rotatable bonds is 7. The number of anilines is 1. The smallest absolute Gasteiger partial charge is 0.243 e. The van der Waals surface area contributed by atoms with E-state index in [2.05, 4.69) is 5.10 Å². The van der Waals surface area contributed by atoms with E-state index in [0.717, 1.165) is 32.7 Å². The summed E-state index contributed by atoms with van der Waals surface area (Å²) in [5.41, 5.74) is 4.65. The maximum atomic E-state index is 14.0. The molecular formula is C28H32ClN5O3S2. The third kappa shape index (κ3) is 5.61. The fourth-order valence-electron chi connectivity index (χ4n) is 5.02. The fraction of sp³-hybridized carbons (Fsp3) is 0.393. The lowest BCUT2D eigenvalue weighted by molar-refractivity contribution is -0.123. The van der Waals surface area contributed by atoms with Crippen molar-refractivity contribution in [1.29, 1.82) is 0 Å². The molecule has 1 amide bonds. The van der Waals surface area contributed by atoms with Gasteiger partial charge in [-0.1, -0.05) is 40.6 Å². The highest BCUT2D eigenvalue weighted by Gasteiger charge is 2.35. The fourth-order valence-corrected chi connectivity index (χ4v) is 7.70. The second kappa shape index (κ2) is 11.0. The van der Waals surface area contributed by atoms with Gasteiger partial charge >= 0.3 is 0 Å². The largest absolute Gasteiger partial charge is 0.286 e. The quantitative estimate of drug-likeness (QED) is 0.285. The Balaban J connectivity index is 1.37. The minimum absolute atomic E-state index is 0.0354. The number of fused-ring (bicyclic) bond motifs is 1. The van der Waals surface area contributed by atoms with Crippen molar-refractivity contribution in [1.82, 2.24) is 19.1 Å². The Morgan fingerprint density at radius 2 is 1.77 bits per heavy atom. The molecule has 39 heavy (non-hydrogen) atoms. The number of aryl methyl sites for hydroxylation is 4. The van der Waals surface area contributed by atoms with Crippen LogP contribution in [0.1, 0.15) is 35.4 Å². The van der Waals surface area contributed by atoms with E-state index in [4.69, 9.17) is 16.6 Å². The molecule has 1 saturated heterocycles. The van der Waals surface area contributed by atoms with Gasteiger partial charge in [0.25, 0.3) is 0 Å². The first-order valence-corrected chi connectivity index (χ1v) is 15.6. The van der Waals surface area contributed by atoms with Crippen LogP contribution in [0.5, 0.6) is 0 Å². The lowest BCUT2D eigenvalue weighted by Gasteiger charge is -2.33. The summed E-state index contributed by atoms with van der Waals surface area (Å²) in [4.78, 5) is 20.8. The van der Waals surface area contributed by atoms with Crippen molar-refractivity contribution in [3.63, 3.8) is 0 Å². The number of aromatic nitrogens is 3. The van der Waals surface area contributed by atoms with Crippen molar-refractivity contribution in [2.45, 2.75) is 52.0 Å². The Labute approximate surface area is 238 Å². The van der Waals surface area contributed by atoms with Crippen LogP contribution in [0, 0.1) is 33.6 Å². The van der Waals surface area contributed by atoms with Crippen molar-refractivity contribution in [3.8, 4) is 0 Å².